The molecule has 0 aliphatic heterocycles. The van der Waals surface area contributed by atoms with E-state index in [2.05, 4.69) is 10.9 Å². The van der Waals surface area contributed by atoms with E-state index in [1.165, 1.54) is 18.4 Å². The van der Waals surface area contributed by atoms with Gasteiger partial charge < -0.3 is 0 Å². The summed E-state index contributed by atoms with van der Waals surface area (Å²) in [6.45, 7) is 0. The summed E-state index contributed by atoms with van der Waals surface area (Å²) in [6.07, 6.45) is 14.1. The molecule has 1 heterocycles. The smallest absolute Gasteiger partial charge is 0.0561 e. The third kappa shape index (κ3) is 1.33. The maximum absolute atomic E-state index is 5.63. The van der Waals surface area contributed by atoms with Crippen LogP contribution in [0.5, 0.6) is 0 Å². The lowest BCUT2D eigenvalue weighted by atomic mass is 9.80. The second-order valence-electron chi connectivity index (χ2n) is 3.67. The lowest BCUT2D eigenvalue weighted by Gasteiger charge is -2.22. The van der Waals surface area contributed by atoms with Gasteiger partial charge in [0, 0.05) is 12.4 Å². The molecule has 1 aromatic heterocycles. The number of terminal acetylenes is 1. The summed E-state index contributed by atoms with van der Waals surface area (Å²) in [6, 6.07) is 4.09. The molecule has 0 saturated heterocycles. The molecule has 0 amide bonds. The van der Waals surface area contributed by atoms with E-state index in [-0.39, 0.29) is 5.41 Å². The molecule has 1 saturated carbocycles. The minimum Gasteiger partial charge on any atom is -0.265 e. The normalized spacial score (nSPS) is 19.6. The van der Waals surface area contributed by atoms with Crippen molar-refractivity contribution < 1.29 is 0 Å². The minimum atomic E-state index is 0.0168. The summed E-state index contributed by atoms with van der Waals surface area (Å²) in [5, 5.41) is 0. The highest BCUT2D eigenvalue weighted by atomic mass is 14.6. The molecule has 0 N–H and O–H groups in total. The first kappa shape index (κ1) is 8.31. The standard InChI is InChI=1S/C12H13N/c1-2-12(7-3-4-8-12)11-5-9-13-10-6-11/h1,5-6,9-10H,3-4,7-8H2. The van der Waals surface area contributed by atoms with Crippen LogP contribution in [0.3, 0.4) is 0 Å². The Hall–Kier alpha value is -1.29. The van der Waals surface area contributed by atoms with Crippen molar-refractivity contribution in [2.75, 3.05) is 0 Å². The van der Waals surface area contributed by atoms with E-state index >= 15 is 0 Å². The average Bonchev–Trinajstić information content (AvgIpc) is 2.69. The van der Waals surface area contributed by atoms with Gasteiger partial charge in [-0.15, -0.1) is 6.42 Å². The van der Waals surface area contributed by atoms with Gasteiger partial charge in [-0.2, -0.15) is 0 Å². The van der Waals surface area contributed by atoms with Gasteiger partial charge >= 0.3 is 0 Å². The Labute approximate surface area is 79.2 Å². The summed E-state index contributed by atoms with van der Waals surface area (Å²) in [4.78, 5) is 4.01. The second kappa shape index (κ2) is 3.22. The average molecular weight is 171 g/mol. The van der Waals surface area contributed by atoms with Crippen molar-refractivity contribution in [1.82, 2.24) is 4.98 Å². The van der Waals surface area contributed by atoms with E-state index in [0.717, 1.165) is 12.8 Å². The van der Waals surface area contributed by atoms with E-state index in [1.54, 1.807) is 0 Å². The molecule has 13 heavy (non-hydrogen) atoms. The van der Waals surface area contributed by atoms with E-state index in [1.807, 2.05) is 24.5 Å². The predicted octanol–water partition coefficient (Wildman–Crippen LogP) is 2.53. The predicted molar refractivity (Wildman–Crippen MR) is 53.2 cm³/mol. The number of hydrogen-bond acceptors (Lipinski definition) is 1. The van der Waals surface area contributed by atoms with Crippen molar-refractivity contribution in [3.05, 3.63) is 30.1 Å². The molecule has 1 fully saturated rings. The zero-order valence-corrected chi connectivity index (χ0v) is 7.66. The third-order valence-electron chi connectivity index (χ3n) is 2.97. The Bertz CT molecular complexity index is 315. The Morgan fingerprint density at radius 3 is 2.38 bits per heavy atom. The highest BCUT2D eigenvalue weighted by Crippen LogP contribution is 2.39. The number of hydrogen-bond donors (Lipinski definition) is 0. The Balaban J connectivity index is 2.38. The van der Waals surface area contributed by atoms with Crippen molar-refractivity contribution in [3.8, 4) is 12.3 Å². The zero-order chi connectivity index (χ0) is 9.15. The lowest BCUT2D eigenvalue weighted by molar-refractivity contribution is 0.581. The van der Waals surface area contributed by atoms with Crippen LogP contribution in [0.2, 0.25) is 0 Å². The second-order valence-corrected chi connectivity index (χ2v) is 3.67. The van der Waals surface area contributed by atoms with Crippen molar-refractivity contribution in [2.24, 2.45) is 0 Å². The molecule has 66 valence electrons. The highest BCUT2D eigenvalue weighted by molar-refractivity contribution is 5.33. The zero-order valence-electron chi connectivity index (χ0n) is 7.66. The molecular formula is C12H13N. The molecule has 1 aliphatic carbocycles. The van der Waals surface area contributed by atoms with Crippen LogP contribution in [0, 0.1) is 12.3 Å². The van der Waals surface area contributed by atoms with Gasteiger partial charge in [0.25, 0.3) is 0 Å². The summed E-state index contributed by atoms with van der Waals surface area (Å²) in [5.41, 5.74) is 1.28. The number of pyridine rings is 1. The fourth-order valence-corrected chi connectivity index (χ4v) is 2.17. The van der Waals surface area contributed by atoms with Crippen LogP contribution in [0.15, 0.2) is 24.5 Å². The molecule has 1 heteroatoms. The van der Waals surface area contributed by atoms with E-state index in [9.17, 15) is 0 Å². The largest absolute Gasteiger partial charge is 0.265 e. The maximum Gasteiger partial charge on any atom is 0.0561 e. The Morgan fingerprint density at radius 1 is 1.23 bits per heavy atom. The van der Waals surface area contributed by atoms with Gasteiger partial charge in [0.05, 0.1) is 5.41 Å². The van der Waals surface area contributed by atoms with Crippen LogP contribution in [0.25, 0.3) is 0 Å². The molecule has 0 atom stereocenters. The van der Waals surface area contributed by atoms with Crippen molar-refractivity contribution in [2.45, 2.75) is 31.1 Å². The number of rotatable bonds is 1. The molecule has 0 aromatic carbocycles. The molecule has 1 aromatic rings. The molecule has 2 rings (SSSR count). The molecule has 0 unspecified atom stereocenters. The first-order valence-electron chi connectivity index (χ1n) is 4.76. The Morgan fingerprint density at radius 2 is 1.85 bits per heavy atom. The van der Waals surface area contributed by atoms with Gasteiger partial charge in [0.2, 0.25) is 0 Å². The fourth-order valence-electron chi connectivity index (χ4n) is 2.17. The van der Waals surface area contributed by atoms with Gasteiger partial charge in [-0.05, 0) is 30.5 Å². The first-order chi connectivity index (χ1) is 6.37. The number of nitrogens with zero attached hydrogens (tertiary/aromatic N) is 1. The summed E-state index contributed by atoms with van der Waals surface area (Å²) < 4.78 is 0. The minimum absolute atomic E-state index is 0.0168. The van der Waals surface area contributed by atoms with Gasteiger partial charge in [0.1, 0.15) is 0 Å². The highest BCUT2D eigenvalue weighted by Gasteiger charge is 2.33. The van der Waals surface area contributed by atoms with Crippen LogP contribution in [0.4, 0.5) is 0 Å². The van der Waals surface area contributed by atoms with Crippen LogP contribution in [-0.4, -0.2) is 4.98 Å². The summed E-state index contributed by atoms with van der Waals surface area (Å²) in [5.74, 6) is 2.97. The molecule has 1 nitrogen and oxygen atoms in total. The van der Waals surface area contributed by atoms with Crippen molar-refractivity contribution in [1.29, 1.82) is 0 Å². The topological polar surface area (TPSA) is 12.9 Å². The fraction of sp³-hybridized carbons (Fsp3) is 0.417. The Kier molecular flexibility index (Phi) is 2.06. The molecule has 0 bridgehead atoms. The third-order valence-corrected chi connectivity index (χ3v) is 2.97. The maximum atomic E-state index is 5.63. The van der Waals surface area contributed by atoms with Crippen LogP contribution >= 0.6 is 0 Å². The first-order valence-corrected chi connectivity index (χ1v) is 4.76. The molecule has 0 spiro atoms. The van der Waals surface area contributed by atoms with Crippen molar-refractivity contribution in [3.63, 3.8) is 0 Å². The van der Waals surface area contributed by atoms with Crippen molar-refractivity contribution >= 4 is 0 Å². The van der Waals surface area contributed by atoms with Crippen LogP contribution < -0.4 is 0 Å². The summed E-state index contributed by atoms with van der Waals surface area (Å²) >= 11 is 0. The number of aromatic nitrogens is 1. The quantitative estimate of drug-likeness (QED) is 0.592. The van der Waals surface area contributed by atoms with Crippen LogP contribution in [-0.2, 0) is 5.41 Å². The lowest BCUT2D eigenvalue weighted by Crippen LogP contribution is -2.18. The van der Waals surface area contributed by atoms with E-state index < -0.39 is 0 Å². The molecule has 0 radical (unpaired) electrons. The van der Waals surface area contributed by atoms with Gasteiger partial charge in [-0.1, -0.05) is 18.8 Å². The van der Waals surface area contributed by atoms with Gasteiger partial charge in [-0.3, -0.25) is 4.98 Å². The van der Waals surface area contributed by atoms with Gasteiger partial charge in [0.15, 0.2) is 0 Å². The monoisotopic (exact) mass is 171 g/mol. The van der Waals surface area contributed by atoms with E-state index in [4.69, 9.17) is 6.42 Å². The molecule has 1 aliphatic rings. The van der Waals surface area contributed by atoms with Gasteiger partial charge in [-0.25, -0.2) is 0 Å². The van der Waals surface area contributed by atoms with E-state index in [0.29, 0.717) is 0 Å². The van der Waals surface area contributed by atoms with Crippen LogP contribution in [0.1, 0.15) is 31.2 Å². The summed E-state index contributed by atoms with van der Waals surface area (Å²) in [7, 11) is 0. The SMILES string of the molecule is C#CC1(c2ccncc2)CCCC1. The molecular weight excluding hydrogens is 158 g/mol.